The summed E-state index contributed by atoms with van der Waals surface area (Å²) in [5, 5.41) is 14.0. The average molecular weight is 389 g/mol. The Morgan fingerprint density at radius 2 is 2.12 bits per heavy atom. The molecule has 3 N–H and O–H groups in total. The van der Waals surface area contributed by atoms with E-state index in [1.807, 2.05) is 30.5 Å². The molecule has 0 radical (unpaired) electrons. The minimum atomic E-state index is -0.534. The molecule has 2 aromatic heterocycles. The van der Waals surface area contributed by atoms with E-state index in [1.165, 1.54) is 28.7 Å². The Balaban J connectivity index is 1.65. The van der Waals surface area contributed by atoms with Crippen molar-refractivity contribution in [2.24, 2.45) is 0 Å². The van der Waals surface area contributed by atoms with Crippen LogP contribution in [0.4, 0.5) is 11.1 Å². The number of aromatic nitrogens is 4. The van der Waals surface area contributed by atoms with Crippen LogP contribution in [0.25, 0.3) is 0 Å². The van der Waals surface area contributed by atoms with Gasteiger partial charge in [0.1, 0.15) is 6.04 Å². The fourth-order valence-corrected chi connectivity index (χ4v) is 4.09. The van der Waals surface area contributed by atoms with E-state index in [9.17, 15) is 4.79 Å². The normalized spacial score (nSPS) is 12.1. The maximum atomic E-state index is 12.5. The van der Waals surface area contributed by atoms with Gasteiger partial charge in [0.15, 0.2) is 10.3 Å². The van der Waals surface area contributed by atoms with Gasteiger partial charge in [0.05, 0.1) is 5.69 Å². The zero-order valence-corrected chi connectivity index (χ0v) is 16.2. The molecule has 0 aliphatic heterocycles. The second-order valence-electron chi connectivity index (χ2n) is 5.75. The molecule has 3 rings (SSSR count). The molecule has 0 bridgehead atoms. The first-order chi connectivity index (χ1) is 12.5. The highest BCUT2D eigenvalue weighted by Gasteiger charge is 2.22. The average Bonchev–Trinajstić information content (AvgIpc) is 3.21. The molecule has 1 atom stereocenters. The number of anilines is 2. The molecule has 9 heteroatoms. The van der Waals surface area contributed by atoms with Gasteiger partial charge in [-0.15, -0.1) is 21.5 Å². The Kier molecular flexibility index (Phi) is 5.89. The number of nitrogens with one attached hydrogen (secondary N) is 1. The molecular weight excluding hydrogens is 368 g/mol. The van der Waals surface area contributed by atoms with Crippen molar-refractivity contribution in [1.82, 2.24) is 19.7 Å². The number of amides is 1. The second-order valence-corrected chi connectivity index (χ2v) is 7.67. The topological polar surface area (TPSA) is 98.7 Å². The molecule has 1 unspecified atom stereocenters. The molecular formula is C17H20N6OS2. The molecule has 3 aromatic rings. The number of nitrogens with two attached hydrogens (primary N) is 1. The lowest BCUT2D eigenvalue weighted by atomic mass is 10.2. The van der Waals surface area contributed by atoms with Crippen molar-refractivity contribution in [3.05, 3.63) is 47.0 Å². The van der Waals surface area contributed by atoms with Crippen molar-refractivity contribution < 1.29 is 4.79 Å². The summed E-state index contributed by atoms with van der Waals surface area (Å²) in [6, 6.07) is 9.68. The molecule has 0 spiro atoms. The Bertz CT molecular complexity index is 877. The third-order valence-electron chi connectivity index (χ3n) is 3.77. The van der Waals surface area contributed by atoms with Crippen molar-refractivity contribution in [2.75, 3.05) is 16.8 Å². The first-order valence-electron chi connectivity index (χ1n) is 8.14. The number of hydrogen-bond donors (Lipinski definition) is 2. The van der Waals surface area contributed by atoms with Crippen molar-refractivity contribution in [3.63, 3.8) is 0 Å². The first kappa shape index (κ1) is 18.4. The summed E-state index contributed by atoms with van der Waals surface area (Å²) in [4.78, 5) is 16.8. The molecule has 1 aromatic carbocycles. The van der Waals surface area contributed by atoms with Crippen molar-refractivity contribution in [1.29, 1.82) is 0 Å². The van der Waals surface area contributed by atoms with Crippen molar-refractivity contribution in [2.45, 2.75) is 31.5 Å². The van der Waals surface area contributed by atoms with Crippen LogP contribution in [0, 0.1) is 6.92 Å². The van der Waals surface area contributed by atoms with Crippen LogP contribution >= 0.6 is 23.1 Å². The van der Waals surface area contributed by atoms with Crippen LogP contribution in [0.2, 0.25) is 0 Å². The van der Waals surface area contributed by atoms with Gasteiger partial charge in [0.25, 0.3) is 0 Å². The molecule has 0 aliphatic rings. The van der Waals surface area contributed by atoms with Gasteiger partial charge in [-0.25, -0.2) is 4.98 Å². The van der Waals surface area contributed by atoms with Crippen LogP contribution in [0.1, 0.15) is 24.2 Å². The molecule has 7 nitrogen and oxygen atoms in total. The maximum absolute atomic E-state index is 12.5. The Morgan fingerprint density at radius 3 is 2.81 bits per heavy atom. The van der Waals surface area contributed by atoms with E-state index in [-0.39, 0.29) is 11.9 Å². The first-order valence-corrected chi connectivity index (χ1v) is 10.0. The third-order valence-corrected chi connectivity index (χ3v) is 5.59. The zero-order valence-electron chi connectivity index (χ0n) is 14.5. The van der Waals surface area contributed by atoms with Gasteiger partial charge in [0.2, 0.25) is 11.9 Å². The summed E-state index contributed by atoms with van der Waals surface area (Å²) in [6.07, 6.45) is 0.900. The fraction of sp³-hybridized carbons (Fsp3) is 0.294. The SMILES string of the molecule is Cc1csc(NC(=O)C(C)n2c(N)nnc2SCCc2ccccc2)n1. The summed E-state index contributed by atoms with van der Waals surface area (Å²) in [5.41, 5.74) is 8.07. The zero-order chi connectivity index (χ0) is 18.5. The highest BCUT2D eigenvalue weighted by molar-refractivity contribution is 7.99. The highest BCUT2D eigenvalue weighted by Crippen LogP contribution is 2.25. The lowest BCUT2D eigenvalue weighted by molar-refractivity contribution is -0.118. The molecule has 0 saturated heterocycles. The quantitative estimate of drug-likeness (QED) is 0.603. The number of aryl methyl sites for hydroxylation is 2. The lowest BCUT2D eigenvalue weighted by Gasteiger charge is -2.15. The monoisotopic (exact) mass is 388 g/mol. The maximum Gasteiger partial charge on any atom is 0.249 e. The largest absolute Gasteiger partial charge is 0.368 e. The molecule has 1 amide bonds. The number of carbonyl (C=O) groups is 1. The number of rotatable bonds is 7. The minimum Gasteiger partial charge on any atom is -0.368 e. The number of thioether (sulfide) groups is 1. The van der Waals surface area contributed by atoms with E-state index in [4.69, 9.17) is 5.73 Å². The van der Waals surface area contributed by atoms with E-state index in [2.05, 4.69) is 32.6 Å². The fourth-order valence-electron chi connectivity index (χ4n) is 2.39. The van der Waals surface area contributed by atoms with Crippen LogP contribution < -0.4 is 11.1 Å². The molecule has 0 aliphatic carbocycles. The van der Waals surface area contributed by atoms with E-state index in [0.29, 0.717) is 10.3 Å². The molecule has 26 heavy (non-hydrogen) atoms. The summed E-state index contributed by atoms with van der Waals surface area (Å²) >= 11 is 2.93. The van der Waals surface area contributed by atoms with E-state index < -0.39 is 6.04 Å². The van der Waals surface area contributed by atoms with E-state index in [1.54, 1.807) is 11.5 Å². The number of hydrogen-bond acceptors (Lipinski definition) is 7. The number of benzene rings is 1. The highest BCUT2D eigenvalue weighted by atomic mass is 32.2. The smallest absolute Gasteiger partial charge is 0.249 e. The van der Waals surface area contributed by atoms with E-state index in [0.717, 1.165) is 17.9 Å². The molecule has 0 fully saturated rings. The van der Waals surface area contributed by atoms with Crippen LogP contribution in [0.5, 0.6) is 0 Å². The predicted molar refractivity (Wildman–Crippen MR) is 105 cm³/mol. The molecule has 2 heterocycles. The van der Waals surface area contributed by atoms with Gasteiger partial charge in [-0.2, -0.15) is 0 Å². The van der Waals surface area contributed by atoms with Gasteiger partial charge < -0.3 is 11.1 Å². The van der Waals surface area contributed by atoms with Crippen LogP contribution in [0.3, 0.4) is 0 Å². The predicted octanol–water partition coefficient (Wildman–Crippen LogP) is 3.16. The summed E-state index contributed by atoms with van der Waals surface area (Å²) in [7, 11) is 0. The van der Waals surface area contributed by atoms with Crippen molar-refractivity contribution in [3.8, 4) is 0 Å². The Labute approximate surface area is 160 Å². The van der Waals surface area contributed by atoms with Crippen LogP contribution in [-0.4, -0.2) is 31.4 Å². The summed E-state index contributed by atoms with van der Waals surface area (Å²) < 4.78 is 1.66. The Morgan fingerprint density at radius 1 is 1.35 bits per heavy atom. The number of nitrogen functional groups attached to an aromatic ring is 1. The van der Waals surface area contributed by atoms with Gasteiger partial charge in [-0.3, -0.25) is 9.36 Å². The lowest BCUT2D eigenvalue weighted by Crippen LogP contribution is -2.25. The minimum absolute atomic E-state index is 0.198. The molecule has 0 saturated carbocycles. The summed E-state index contributed by atoms with van der Waals surface area (Å²) in [5.74, 6) is 0.850. The van der Waals surface area contributed by atoms with Gasteiger partial charge in [0, 0.05) is 11.1 Å². The van der Waals surface area contributed by atoms with Gasteiger partial charge in [-0.05, 0) is 25.8 Å². The van der Waals surface area contributed by atoms with Crippen molar-refractivity contribution >= 4 is 40.1 Å². The third kappa shape index (κ3) is 4.41. The van der Waals surface area contributed by atoms with Gasteiger partial charge in [-0.1, -0.05) is 42.1 Å². The number of carbonyl (C=O) groups excluding carboxylic acids is 1. The summed E-state index contributed by atoms with van der Waals surface area (Å²) in [6.45, 7) is 3.66. The standard InChI is InChI=1S/C17H20N6OS2/c1-11-10-26-16(19-11)20-14(24)12(2)23-15(18)21-22-17(23)25-9-8-13-6-4-3-5-7-13/h3-7,10,12H,8-9H2,1-2H3,(H2,18,21)(H,19,20,24). The number of thiazole rings is 1. The van der Waals surface area contributed by atoms with Gasteiger partial charge >= 0.3 is 0 Å². The van der Waals surface area contributed by atoms with Crippen LogP contribution in [0.15, 0.2) is 40.9 Å². The molecule has 136 valence electrons. The Hall–Kier alpha value is -2.39. The van der Waals surface area contributed by atoms with E-state index >= 15 is 0 Å². The van der Waals surface area contributed by atoms with Crippen LogP contribution in [-0.2, 0) is 11.2 Å². The number of nitrogens with zero attached hydrogens (tertiary/aromatic N) is 4. The second kappa shape index (κ2) is 8.33.